The lowest BCUT2D eigenvalue weighted by Crippen LogP contribution is -2.70. The summed E-state index contributed by atoms with van der Waals surface area (Å²) in [7, 11) is 0. The number of piperazine rings is 1. The molecule has 1 N–H and O–H groups in total. The number of aryl methyl sites for hydroxylation is 1. The molecule has 0 aromatic heterocycles. The third-order valence-corrected chi connectivity index (χ3v) is 4.78. The van der Waals surface area contributed by atoms with Gasteiger partial charge in [-0.15, -0.1) is 0 Å². The van der Waals surface area contributed by atoms with E-state index in [4.69, 9.17) is 0 Å². The number of hydrogen-bond donors (Lipinski definition) is 1. The van der Waals surface area contributed by atoms with Gasteiger partial charge in [-0.3, -0.25) is 14.5 Å². The van der Waals surface area contributed by atoms with E-state index in [1.165, 1.54) is 0 Å². The average molecular weight is 286 g/mol. The molecule has 1 atom stereocenters. The molecule has 0 bridgehead atoms. The Bertz CT molecular complexity index is 559. The summed E-state index contributed by atoms with van der Waals surface area (Å²) in [6.07, 6.45) is 4.66. The topological polar surface area (TPSA) is 49.4 Å². The number of amides is 2. The maximum Gasteiger partial charge on any atom is 0.253 e. The third-order valence-electron chi connectivity index (χ3n) is 4.78. The summed E-state index contributed by atoms with van der Waals surface area (Å²) in [5, 5.41) is 3.01. The van der Waals surface area contributed by atoms with Crippen LogP contribution in [-0.2, 0) is 9.59 Å². The van der Waals surface area contributed by atoms with E-state index in [1.807, 2.05) is 31.2 Å². The third kappa shape index (κ3) is 2.33. The van der Waals surface area contributed by atoms with Crippen LogP contribution in [0.4, 0.5) is 5.69 Å². The first-order chi connectivity index (χ1) is 10.0. The van der Waals surface area contributed by atoms with Gasteiger partial charge in [0.25, 0.3) is 5.91 Å². The second-order valence-electron chi connectivity index (χ2n) is 6.32. The van der Waals surface area contributed by atoms with Crippen molar-refractivity contribution in [2.24, 2.45) is 0 Å². The zero-order valence-corrected chi connectivity index (χ0v) is 12.7. The standard InChI is InChI=1S/C17H22N2O2/c1-12-6-8-14(9-7-12)19-13(2)15(20)18-17(16(19)21)10-4-3-5-11-17/h6-9,13H,3-5,10-11H2,1-2H3,(H,18,20). The van der Waals surface area contributed by atoms with Crippen LogP contribution in [0.5, 0.6) is 0 Å². The Kier molecular flexibility index (Phi) is 3.47. The minimum absolute atomic E-state index is 0.0444. The minimum atomic E-state index is -0.674. The second kappa shape index (κ2) is 5.17. The van der Waals surface area contributed by atoms with E-state index < -0.39 is 11.6 Å². The van der Waals surface area contributed by atoms with Crippen LogP contribution in [-0.4, -0.2) is 23.4 Å². The van der Waals surface area contributed by atoms with Crippen molar-refractivity contribution < 1.29 is 9.59 Å². The van der Waals surface area contributed by atoms with Crippen LogP contribution >= 0.6 is 0 Å². The number of anilines is 1. The molecule has 112 valence electrons. The van der Waals surface area contributed by atoms with E-state index >= 15 is 0 Å². The van der Waals surface area contributed by atoms with Gasteiger partial charge in [-0.1, -0.05) is 37.0 Å². The largest absolute Gasteiger partial charge is 0.340 e. The fourth-order valence-electron chi connectivity index (χ4n) is 3.46. The Hall–Kier alpha value is -1.84. The predicted octanol–water partition coefficient (Wildman–Crippen LogP) is 2.55. The van der Waals surface area contributed by atoms with Gasteiger partial charge in [0.2, 0.25) is 5.91 Å². The summed E-state index contributed by atoms with van der Waals surface area (Å²) in [5.74, 6) is 0.00947. The molecule has 21 heavy (non-hydrogen) atoms. The second-order valence-corrected chi connectivity index (χ2v) is 6.32. The van der Waals surface area contributed by atoms with Gasteiger partial charge in [-0.2, -0.15) is 0 Å². The molecule has 3 rings (SSSR count). The molecule has 1 aliphatic carbocycles. The zero-order chi connectivity index (χ0) is 15.0. The smallest absolute Gasteiger partial charge is 0.253 e. The monoisotopic (exact) mass is 286 g/mol. The lowest BCUT2D eigenvalue weighted by atomic mass is 9.78. The van der Waals surface area contributed by atoms with Crippen LogP contribution in [0.1, 0.15) is 44.6 Å². The molecule has 1 unspecified atom stereocenters. The van der Waals surface area contributed by atoms with Gasteiger partial charge >= 0.3 is 0 Å². The van der Waals surface area contributed by atoms with E-state index in [1.54, 1.807) is 11.8 Å². The molecule has 1 saturated carbocycles. The Morgan fingerprint density at radius 2 is 1.71 bits per heavy atom. The highest BCUT2D eigenvalue weighted by atomic mass is 16.2. The molecular weight excluding hydrogens is 264 g/mol. The van der Waals surface area contributed by atoms with Gasteiger partial charge in [0, 0.05) is 5.69 Å². The Morgan fingerprint density at radius 1 is 1.10 bits per heavy atom. The molecule has 0 radical (unpaired) electrons. The molecule has 2 fully saturated rings. The summed E-state index contributed by atoms with van der Waals surface area (Å²) < 4.78 is 0. The van der Waals surface area contributed by atoms with Crippen molar-refractivity contribution in [1.82, 2.24) is 5.32 Å². The summed E-state index contributed by atoms with van der Waals surface area (Å²) in [4.78, 5) is 27.1. The van der Waals surface area contributed by atoms with E-state index in [9.17, 15) is 9.59 Å². The molecule has 1 aromatic rings. The Morgan fingerprint density at radius 3 is 2.33 bits per heavy atom. The number of hydrogen-bond acceptors (Lipinski definition) is 2. The zero-order valence-electron chi connectivity index (χ0n) is 12.7. The minimum Gasteiger partial charge on any atom is -0.340 e. The van der Waals surface area contributed by atoms with Gasteiger partial charge in [0.05, 0.1) is 0 Å². The van der Waals surface area contributed by atoms with Crippen molar-refractivity contribution in [2.45, 2.75) is 57.5 Å². The van der Waals surface area contributed by atoms with E-state index in [-0.39, 0.29) is 11.8 Å². The maximum absolute atomic E-state index is 13.1. The van der Waals surface area contributed by atoms with Crippen molar-refractivity contribution in [2.75, 3.05) is 4.90 Å². The van der Waals surface area contributed by atoms with Crippen molar-refractivity contribution in [1.29, 1.82) is 0 Å². The molecule has 1 spiro atoms. The highest BCUT2D eigenvalue weighted by Gasteiger charge is 2.50. The van der Waals surface area contributed by atoms with Crippen LogP contribution in [0, 0.1) is 6.92 Å². The van der Waals surface area contributed by atoms with Crippen LogP contribution < -0.4 is 10.2 Å². The first-order valence-corrected chi connectivity index (χ1v) is 7.76. The van der Waals surface area contributed by atoms with E-state index in [2.05, 4.69) is 5.32 Å². The predicted molar refractivity (Wildman–Crippen MR) is 82.1 cm³/mol. The molecule has 2 aliphatic rings. The van der Waals surface area contributed by atoms with Crippen molar-refractivity contribution >= 4 is 17.5 Å². The lowest BCUT2D eigenvalue weighted by molar-refractivity contribution is -0.139. The maximum atomic E-state index is 13.1. The van der Waals surface area contributed by atoms with Crippen molar-refractivity contribution in [3.8, 4) is 0 Å². The Labute approximate surface area is 125 Å². The summed E-state index contributed by atoms with van der Waals surface area (Å²) >= 11 is 0. The van der Waals surface area contributed by atoms with Crippen LogP contribution in [0.3, 0.4) is 0 Å². The van der Waals surface area contributed by atoms with Crippen molar-refractivity contribution in [3.63, 3.8) is 0 Å². The lowest BCUT2D eigenvalue weighted by Gasteiger charge is -2.46. The van der Waals surface area contributed by atoms with Crippen molar-refractivity contribution in [3.05, 3.63) is 29.8 Å². The first kappa shape index (κ1) is 14.1. The van der Waals surface area contributed by atoms with Gasteiger partial charge in [-0.25, -0.2) is 0 Å². The fraction of sp³-hybridized carbons (Fsp3) is 0.529. The highest BCUT2D eigenvalue weighted by Crippen LogP contribution is 2.35. The van der Waals surface area contributed by atoms with Gasteiger partial charge < -0.3 is 5.32 Å². The van der Waals surface area contributed by atoms with E-state index in [0.29, 0.717) is 0 Å². The first-order valence-electron chi connectivity index (χ1n) is 7.76. The number of rotatable bonds is 1. The quantitative estimate of drug-likeness (QED) is 0.862. The molecular formula is C17H22N2O2. The molecule has 2 amide bonds. The van der Waals surface area contributed by atoms with E-state index in [0.717, 1.165) is 43.4 Å². The average Bonchev–Trinajstić information content (AvgIpc) is 2.49. The van der Waals surface area contributed by atoms with Gasteiger partial charge in [0.15, 0.2) is 0 Å². The van der Waals surface area contributed by atoms with Crippen LogP contribution in [0.15, 0.2) is 24.3 Å². The highest BCUT2D eigenvalue weighted by molar-refractivity contribution is 6.10. The molecule has 4 heteroatoms. The summed E-state index contributed by atoms with van der Waals surface area (Å²) in [6, 6.07) is 7.37. The molecule has 1 aliphatic heterocycles. The normalized spacial score (nSPS) is 25.0. The number of nitrogens with one attached hydrogen (secondary N) is 1. The number of nitrogens with zero attached hydrogens (tertiary/aromatic N) is 1. The SMILES string of the molecule is Cc1ccc(N2C(=O)C3(CCCCC3)NC(=O)C2C)cc1. The van der Waals surface area contributed by atoms with Gasteiger partial charge in [0.1, 0.15) is 11.6 Å². The Balaban J connectivity index is 1.98. The molecule has 1 aromatic carbocycles. The summed E-state index contributed by atoms with van der Waals surface area (Å²) in [5.41, 5.74) is 1.29. The molecule has 1 heterocycles. The molecule has 1 saturated heterocycles. The number of carbonyl (C=O) groups excluding carboxylic acids is 2. The van der Waals surface area contributed by atoms with Crippen LogP contribution in [0.2, 0.25) is 0 Å². The van der Waals surface area contributed by atoms with Gasteiger partial charge in [-0.05, 0) is 38.8 Å². The number of benzene rings is 1. The summed E-state index contributed by atoms with van der Waals surface area (Å²) in [6.45, 7) is 3.81. The molecule has 4 nitrogen and oxygen atoms in total. The fourth-order valence-corrected chi connectivity index (χ4v) is 3.46. The number of carbonyl (C=O) groups is 2. The van der Waals surface area contributed by atoms with Crippen LogP contribution in [0.25, 0.3) is 0 Å².